The SMILES string of the molecule is CCC1COCCSCCS1. The minimum atomic E-state index is 0.744. The van der Waals surface area contributed by atoms with Crippen molar-refractivity contribution in [2.24, 2.45) is 0 Å². The first kappa shape index (κ1) is 9.75. The summed E-state index contributed by atoms with van der Waals surface area (Å²) in [5, 5.41) is 0.744. The molecule has 0 aromatic heterocycles. The van der Waals surface area contributed by atoms with Crippen LogP contribution in [0, 0.1) is 0 Å². The molecule has 1 aliphatic heterocycles. The molecule has 1 saturated heterocycles. The lowest BCUT2D eigenvalue weighted by atomic mass is 10.3. The van der Waals surface area contributed by atoms with E-state index in [1.165, 1.54) is 23.7 Å². The molecule has 1 atom stereocenters. The van der Waals surface area contributed by atoms with Gasteiger partial charge in [-0.15, -0.1) is 0 Å². The van der Waals surface area contributed by atoms with Gasteiger partial charge in [0.2, 0.25) is 0 Å². The van der Waals surface area contributed by atoms with Gasteiger partial charge in [-0.2, -0.15) is 23.5 Å². The van der Waals surface area contributed by atoms with Crippen molar-refractivity contribution in [3.8, 4) is 0 Å². The second-order valence-electron chi connectivity index (χ2n) is 2.59. The highest BCUT2D eigenvalue weighted by Gasteiger charge is 2.08. The predicted molar refractivity (Wildman–Crippen MR) is 54.7 cm³/mol. The van der Waals surface area contributed by atoms with Crippen LogP contribution in [0.1, 0.15) is 13.3 Å². The van der Waals surface area contributed by atoms with Crippen LogP contribution in [0.2, 0.25) is 0 Å². The zero-order valence-corrected chi connectivity index (χ0v) is 8.68. The second-order valence-corrected chi connectivity index (χ2v) is 5.22. The molecule has 1 aliphatic rings. The monoisotopic (exact) mass is 192 g/mol. The topological polar surface area (TPSA) is 9.23 Å². The maximum atomic E-state index is 5.52. The smallest absolute Gasteiger partial charge is 0.0585 e. The lowest BCUT2D eigenvalue weighted by Gasteiger charge is -2.11. The van der Waals surface area contributed by atoms with Gasteiger partial charge in [0.15, 0.2) is 0 Å². The van der Waals surface area contributed by atoms with E-state index in [0.717, 1.165) is 18.5 Å². The third-order valence-electron chi connectivity index (χ3n) is 1.71. The molecule has 0 amide bonds. The summed E-state index contributed by atoms with van der Waals surface area (Å²) in [7, 11) is 0. The van der Waals surface area contributed by atoms with Gasteiger partial charge < -0.3 is 4.74 Å². The van der Waals surface area contributed by atoms with Gasteiger partial charge in [-0.25, -0.2) is 0 Å². The maximum Gasteiger partial charge on any atom is 0.0585 e. The highest BCUT2D eigenvalue weighted by Crippen LogP contribution is 2.18. The zero-order valence-electron chi connectivity index (χ0n) is 7.04. The summed E-state index contributed by atoms with van der Waals surface area (Å²) in [6.45, 7) is 4.15. The fraction of sp³-hybridized carbons (Fsp3) is 1.00. The van der Waals surface area contributed by atoms with E-state index in [1.807, 2.05) is 11.8 Å². The molecule has 0 saturated carbocycles. The first-order valence-corrected chi connectivity index (χ1v) is 6.41. The van der Waals surface area contributed by atoms with E-state index in [9.17, 15) is 0 Å². The third-order valence-corrected chi connectivity index (χ3v) is 4.30. The predicted octanol–water partition coefficient (Wildman–Crippen LogP) is 2.26. The van der Waals surface area contributed by atoms with Crippen LogP contribution in [0.3, 0.4) is 0 Å². The van der Waals surface area contributed by atoms with E-state index < -0.39 is 0 Å². The fourth-order valence-corrected chi connectivity index (χ4v) is 3.05. The minimum absolute atomic E-state index is 0.744. The van der Waals surface area contributed by atoms with Gasteiger partial charge >= 0.3 is 0 Å². The molecule has 11 heavy (non-hydrogen) atoms. The van der Waals surface area contributed by atoms with E-state index in [4.69, 9.17) is 4.74 Å². The standard InChI is InChI=1S/C8H16OS2/c1-2-8-7-9-3-4-10-5-6-11-8/h8H,2-7H2,1H3. The Morgan fingerprint density at radius 1 is 1.36 bits per heavy atom. The Morgan fingerprint density at radius 2 is 2.27 bits per heavy atom. The molecule has 0 N–H and O–H groups in total. The van der Waals surface area contributed by atoms with Crippen LogP contribution in [0.25, 0.3) is 0 Å². The fourth-order valence-electron chi connectivity index (χ4n) is 0.992. The van der Waals surface area contributed by atoms with E-state index >= 15 is 0 Å². The van der Waals surface area contributed by atoms with E-state index in [1.54, 1.807) is 0 Å². The van der Waals surface area contributed by atoms with Gasteiger partial charge in [0.05, 0.1) is 13.2 Å². The van der Waals surface area contributed by atoms with E-state index in [0.29, 0.717) is 0 Å². The van der Waals surface area contributed by atoms with Gasteiger partial charge in [0.25, 0.3) is 0 Å². The van der Waals surface area contributed by atoms with Crippen molar-refractivity contribution < 1.29 is 4.74 Å². The summed E-state index contributed by atoms with van der Waals surface area (Å²) in [6.07, 6.45) is 1.25. The van der Waals surface area contributed by atoms with Crippen molar-refractivity contribution >= 4 is 23.5 Å². The Balaban J connectivity index is 2.19. The summed E-state index contributed by atoms with van der Waals surface area (Å²) in [5.74, 6) is 3.77. The van der Waals surface area contributed by atoms with Crippen LogP contribution in [0.5, 0.6) is 0 Å². The van der Waals surface area contributed by atoms with Gasteiger partial charge in [0.1, 0.15) is 0 Å². The molecule has 0 aliphatic carbocycles. The average molecular weight is 192 g/mol. The molecule has 0 spiro atoms. The first-order chi connectivity index (χ1) is 5.43. The highest BCUT2D eigenvalue weighted by molar-refractivity contribution is 8.03. The number of hydrogen-bond donors (Lipinski definition) is 0. The molecule has 1 nitrogen and oxygen atoms in total. The Hall–Kier alpha value is 0.660. The molecule has 0 radical (unpaired) electrons. The van der Waals surface area contributed by atoms with Gasteiger partial charge in [-0.3, -0.25) is 0 Å². The Bertz CT molecular complexity index is 88.1. The normalized spacial score (nSPS) is 28.6. The number of thioether (sulfide) groups is 2. The summed E-state index contributed by atoms with van der Waals surface area (Å²) >= 11 is 4.07. The molecule has 3 heteroatoms. The first-order valence-electron chi connectivity index (χ1n) is 4.20. The van der Waals surface area contributed by atoms with Gasteiger partial charge in [-0.1, -0.05) is 6.92 Å². The largest absolute Gasteiger partial charge is 0.379 e. The van der Waals surface area contributed by atoms with Crippen LogP contribution in [-0.4, -0.2) is 35.7 Å². The van der Waals surface area contributed by atoms with Crippen LogP contribution >= 0.6 is 23.5 Å². The molecule has 0 aromatic carbocycles. The molecule has 1 fully saturated rings. The molecule has 1 heterocycles. The molecular weight excluding hydrogens is 176 g/mol. The molecule has 1 rings (SSSR count). The average Bonchev–Trinajstić information content (AvgIpc) is 2.16. The van der Waals surface area contributed by atoms with Crippen LogP contribution in [0.15, 0.2) is 0 Å². The van der Waals surface area contributed by atoms with E-state index in [-0.39, 0.29) is 0 Å². The Labute approximate surface area is 77.6 Å². The van der Waals surface area contributed by atoms with Crippen molar-refractivity contribution in [2.75, 3.05) is 30.5 Å². The minimum Gasteiger partial charge on any atom is -0.379 e. The number of hydrogen-bond acceptors (Lipinski definition) is 3. The Kier molecular flexibility index (Phi) is 5.50. The van der Waals surface area contributed by atoms with Gasteiger partial charge in [0, 0.05) is 22.5 Å². The van der Waals surface area contributed by atoms with Crippen LogP contribution in [-0.2, 0) is 4.74 Å². The maximum absolute atomic E-state index is 5.52. The Morgan fingerprint density at radius 3 is 3.09 bits per heavy atom. The van der Waals surface area contributed by atoms with E-state index in [2.05, 4.69) is 18.7 Å². The lowest BCUT2D eigenvalue weighted by Crippen LogP contribution is -2.11. The summed E-state index contributed by atoms with van der Waals surface area (Å²) in [6, 6.07) is 0. The van der Waals surface area contributed by atoms with Crippen molar-refractivity contribution in [3.63, 3.8) is 0 Å². The van der Waals surface area contributed by atoms with Crippen molar-refractivity contribution in [1.29, 1.82) is 0 Å². The summed E-state index contributed by atoms with van der Waals surface area (Å²) < 4.78 is 5.52. The second kappa shape index (κ2) is 6.21. The molecule has 0 bridgehead atoms. The van der Waals surface area contributed by atoms with Gasteiger partial charge in [-0.05, 0) is 6.42 Å². The number of ether oxygens (including phenoxy) is 1. The molecule has 1 unspecified atom stereocenters. The third kappa shape index (κ3) is 4.28. The highest BCUT2D eigenvalue weighted by atomic mass is 32.2. The zero-order chi connectivity index (χ0) is 7.94. The van der Waals surface area contributed by atoms with Crippen molar-refractivity contribution in [1.82, 2.24) is 0 Å². The molecule has 0 aromatic rings. The van der Waals surface area contributed by atoms with Crippen LogP contribution < -0.4 is 0 Å². The quantitative estimate of drug-likeness (QED) is 0.631. The van der Waals surface area contributed by atoms with Crippen LogP contribution in [0.4, 0.5) is 0 Å². The molecule has 66 valence electrons. The summed E-state index contributed by atoms with van der Waals surface area (Å²) in [5.41, 5.74) is 0. The molecular formula is C8H16OS2. The number of rotatable bonds is 1. The summed E-state index contributed by atoms with van der Waals surface area (Å²) in [4.78, 5) is 0. The van der Waals surface area contributed by atoms with Crippen molar-refractivity contribution in [3.05, 3.63) is 0 Å². The lowest BCUT2D eigenvalue weighted by molar-refractivity contribution is 0.150. The van der Waals surface area contributed by atoms with Crippen molar-refractivity contribution in [2.45, 2.75) is 18.6 Å².